The molecule has 10 heteroatoms. The number of hydrogen-bond donors (Lipinski definition) is 2. The second-order valence-electron chi connectivity index (χ2n) is 7.34. The summed E-state index contributed by atoms with van der Waals surface area (Å²) < 4.78 is 38.3. The molecule has 166 valence electrons. The van der Waals surface area contributed by atoms with Crippen LogP contribution in [0.4, 0.5) is 23.8 Å². The number of aromatic nitrogens is 1. The molecule has 1 aromatic heterocycles. The third-order valence-corrected chi connectivity index (χ3v) is 5.51. The zero-order valence-electron chi connectivity index (χ0n) is 16.9. The molecular formula is C21H23F3N4O3. The van der Waals surface area contributed by atoms with Crippen LogP contribution in [0.5, 0.6) is 0 Å². The lowest BCUT2D eigenvalue weighted by Crippen LogP contribution is -2.64. The van der Waals surface area contributed by atoms with Crippen molar-refractivity contribution in [2.45, 2.75) is 24.7 Å². The number of alkyl halides is 3. The van der Waals surface area contributed by atoms with E-state index in [1.54, 1.807) is 25.4 Å². The molecule has 1 fully saturated rings. The number of hydrogen-bond acceptors (Lipinski definition) is 5. The summed E-state index contributed by atoms with van der Waals surface area (Å²) in [6, 6.07) is 8.34. The summed E-state index contributed by atoms with van der Waals surface area (Å²) in [5, 5.41) is 12.6. The van der Waals surface area contributed by atoms with Crippen LogP contribution in [-0.2, 0) is 11.0 Å². The number of carbonyl (C=O) groups is 2. The summed E-state index contributed by atoms with van der Waals surface area (Å²) in [4.78, 5) is 30.6. The van der Waals surface area contributed by atoms with Gasteiger partial charge < -0.3 is 14.8 Å². The molecule has 1 aliphatic rings. The number of benzene rings is 1. The molecule has 0 aliphatic carbocycles. The molecule has 2 N–H and O–H groups in total. The van der Waals surface area contributed by atoms with Gasteiger partial charge in [0.2, 0.25) is 0 Å². The summed E-state index contributed by atoms with van der Waals surface area (Å²) in [5.74, 6) is 0.591. The first-order chi connectivity index (χ1) is 14.7. The van der Waals surface area contributed by atoms with Crippen LogP contribution < -0.4 is 10.2 Å². The van der Waals surface area contributed by atoms with Crippen molar-refractivity contribution in [2.24, 2.45) is 0 Å². The van der Waals surface area contributed by atoms with Gasteiger partial charge in [-0.2, -0.15) is 13.2 Å². The lowest BCUT2D eigenvalue weighted by atomic mass is 10.0. The maximum Gasteiger partial charge on any atom is 0.416 e. The maximum absolute atomic E-state index is 12.8. The summed E-state index contributed by atoms with van der Waals surface area (Å²) >= 11 is 0. The fraction of sp³-hybridized carbons (Fsp3) is 0.381. The quantitative estimate of drug-likeness (QED) is 0.699. The number of likely N-dealkylation sites (N-methyl/N-ethyl adjacent to an activating group) is 1. The number of carbonyl (C=O) groups excluding carboxylic acids is 1. The fourth-order valence-corrected chi connectivity index (χ4v) is 3.81. The van der Waals surface area contributed by atoms with Crippen molar-refractivity contribution in [3.8, 4) is 11.1 Å². The van der Waals surface area contributed by atoms with Crippen LogP contribution >= 0.6 is 0 Å². The molecule has 0 bridgehead atoms. The Bertz CT molecular complexity index is 919. The number of halogens is 3. The van der Waals surface area contributed by atoms with Crippen molar-refractivity contribution in [2.75, 3.05) is 31.6 Å². The minimum Gasteiger partial charge on any atom is -0.465 e. The van der Waals surface area contributed by atoms with Crippen molar-refractivity contribution in [3.05, 3.63) is 48.2 Å². The highest BCUT2D eigenvalue weighted by Gasteiger charge is 2.42. The molecule has 0 spiro atoms. The Balaban J connectivity index is 1.84. The molecule has 0 saturated carbocycles. The second kappa shape index (κ2) is 8.93. The topological polar surface area (TPSA) is 85.8 Å². The average molecular weight is 436 g/mol. The van der Waals surface area contributed by atoms with Gasteiger partial charge in [0.1, 0.15) is 17.8 Å². The van der Waals surface area contributed by atoms with Gasteiger partial charge in [-0.25, -0.2) is 9.78 Å². The number of carboxylic acid groups (broad SMARTS) is 1. The van der Waals surface area contributed by atoms with E-state index < -0.39 is 23.5 Å². The SMILES string of the molecule is CNC1(CC=O)CN(c2ccc(-c3ccc(C(F)(F)F)cc3)cn2)CCCN1C(=O)O. The van der Waals surface area contributed by atoms with Gasteiger partial charge in [0, 0.05) is 31.3 Å². The van der Waals surface area contributed by atoms with Gasteiger partial charge in [-0.3, -0.25) is 10.2 Å². The molecule has 1 unspecified atom stereocenters. The number of aldehydes is 1. The third kappa shape index (κ3) is 4.79. The molecule has 3 rings (SSSR count). The van der Waals surface area contributed by atoms with Crippen molar-refractivity contribution in [1.82, 2.24) is 15.2 Å². The molecular weight excluding hydrogens is 413 g/mol. The van der Waals surface area contributed by atoms with E-state index in [9.17, 15) is 27.9 Å². The lowest BCUT2D eigenvalue weighted by molar-refractivity contribution is -0.137. The Morgan fingerprint density at radius 3 is 2.39 bits per heavy atom. The van der Waals surface area contributed by atoms with E-state index in [1.807, 2.05) is 4.90 Å². The van der Waals surface area contributed by atoms with Crippen molar-refractivity contribution < 1.29 is 27.9 Å². The zero-order valence-corrected chi connectivity index (χ0v) is 16.9. The van der Waals surface area contributed by atoms with E-state index in [0.29, 0.717) is 36.2 Å². The van der Waals surface area contributed by atoms with E-state index in [4.69, 9.17) is 0 Å². The largest absolute Gasteiger partial charge is 0.465 e. The standard InChI is InChI=1S/C21H23F3N4O3/c1-25-20(9-12-29)14-27(10-2-11-28(20)19(30)31)18-8-5-16(13-26-18)15-3-6-17(7-4-15)21(22,23)24/h3-8,12-13,25H,2,9-11,14H2,1H3,(H,30,31). The van der Waals surface area contributed by atoms with Gasteiger partial charge >= 0.3 is 12.3 Å². The van der Waals surface area contributed by atoms with Crippen LogP contribution in [0, 0.1) is 0 Å². The summed E-state index contributed by atoms with van der Waals surface area (Å²) in [6.07, 6.45) is -2.70. The lowest BCUT2D eigenvalue weighted by Gasteiger charge is -2.41. The Morgan fingerprint density at radius 1 is 1.19 bits per heavy atom. The van der Waals surface area contributed by atoms with Gasteiger partial charge in [-0.1, -0.05) is 12.1 Å². The van der Waals surface area contributed by atoms with E-state index in [1.165, 1.54) is 17.0 Å². The minimum atomic E-state index is -4.39. The monoisotopic (exact) mass is 436 g/mol. The highest BCUT2D eigenvalue weighted by Crippen LogP contribution is 2.31. The van der Waals surface area contributed by atoms with Gasteiger partial charge in [0.25, 0.3) is 0 Å². The van der Waals surface area contributed by atoms with Gasteiger partial charge in [-0.15, -0.1) is 0 Å². The van der Waals surface area contributed by atoms with Crippen LogP contribution in [0.1, 0.15) is 18.4 Å². The number of amides is 1. The summed E-state index contributed by atoms with van der Waals surface area (Å²) in [6.45, 7) is 1.03. The van der Waals surface area contributed by atoms with E-state index in [0.717, 1.165) is 12.1 Å². The predicted molar refractivity (Wildman–Crippen MR) is 109 cm³/mol. The van der Waals surface area contributed by atoms with Crippen LogP contribution in [0.3, 0.4) is 0 Å². The third-order valence-electron chi connectivity index (χ3n) is 5.51. The van der Waals surface area contributed by atoms with Crippen molar-refractivity contribution in [1.29, 1.82) is 0 Å². The first-order valence-electron chi connectivity index (χ1n) is 9.72. The Hall–Kier alpha value is -3.14. The molecule has 2 aromatic rings. The predicted octanol–water partition coefficient (Wildman–Crippen LogP) is 3.46. The van der Waals surface area contributed by atoms with E-state index >= 15 is 0 Å². The number of nitrogens with one attached hydrogen (secondary N) is 1. The number of anilines is 1. The molecule has 1 aromatic carbocycles. The van der Waals surface area contributed by atoms with E-state index in [-0.39, 0.29) is 19.5 Å². The minimum absolute atomic E-state index is 0.0179. The van der Waals surface area contributed by atoms with Gasteiger partial charge in [0.05, 0.1) is 12.1 Å². The normalized spacial score (nSPS) is 19.7. The highest BCUT2D eigenvalue weighted by molar-refractivity contribution is 5.68. The number of nitrogens with zero attached hydrogens (tertiary/aromatic N) is 3. The van der Waals surface area contributed by atoms with Crippen LogP contribution in [0.25, 0.3) is 11.1 Å². The maximum atomic E-state index is 12.8. The summed E-state index contributed by atoms with van der Waals surface area (Å²) in [5.41, 5.74) is -0.539. The fourth-order valence-electron chi connectivity index (χ4n) is 3.81. The smallest absolute Gasteiger partial charge is 0.416 e. The zero-order chi connectivity index (χ0) is 22.6. The summed E-state index contributed by atoms with van der Waals surface area (Å²) in [7, 11) is 1.62. The molecule has 1 atom stereocenters. The van der Waals surface area contributed by atoms with Crippen molar-refractivity contribution in [3.63, 3.8) is 0 Å². The van der Waals surface area contributed by atoms with Gasteiger partial charge in [0.15, 0.2) is 0 Å². The van der Waals surface area contributed by atoms with Gasteiger partial charge in [-0.05, 0) is 43.3 Å². The Labute approximate surface area is 177 Å². The highest BCUT2D eigenvalue weighted by atomic mass is 19.4. The molecule has 7 nitrogen and oxygen atoms in total. The second-order valence-corrected chi connectivity index (χ2v) is 7.34. The molecule has 2 heterocycles. The molecule has 31 heavy (non-hydrogen) atoms. The molecule has 1 amide bonds. The first kappa shape index (κ1) is 22.5. The number of rotatable bonds is 5. The van der Waals surface area contributed by atoms with Crippen molar-refractivity contribution >= 4 is 18.2 Å². The first-order valence-corrected chi connectivity index (χ1v) is 9.72. The number of pyridine rings is 1. The van der Waals surface area contributed by atoms with E-state index in [2.05, 4.69) is 10.3 Å². The molecule has 0 radical (unpaired) electrons. The van der Waals surface area contributed by atoms with Crippen LogP contribution in [0.15, 0.2) is 42.6 Å². The van der Waals surface area contributed by atoms with Crippen LogP contribution in [-0.4, -0.2) is 59.7 Å². The Morgan fingerprint density at radius 2 is 1.87 bits per heavy atom. The Kier molecular flexibility index (Phi) is 6.49. The van der Waals surface area contributed by atoms with Crippen LogP contribution in [0.2, 0.25) is 0 Å². The molecule has 1 saturated heterocycles. The molecule has 1 aliphatic heterocycles. The average Bonchev–Trinajstić information content (AvgIpc) is 2.94.